The van der Waals surface area contributed by atoms with Crippen molar-refractivity contribution in [2.24, 2.45) is 5.92 Å². The maximum absolute atomic E-state index is 13.2. The minimum Gasteiger partial charge on any atom is -0.491 e. The molecule has 0 saturated carbocycles. The standard InChI is InChI=1S/C22H24FNO7S/c1-4-10-28-20(26)22(13-30-16-8-6-15(23)7-9-16)12-24-18(25)17(19(24)32-22)14(3)31-21(27)29-11-5-2/h4-9,14,17,19H,1-2,10-13H2,3H3/t14-,17+,19-,22?/m1/s1. The summed E-state index contributed by atoms with van der Waals surface area (Å²) in [5, 5.41) is -0.405. The molecule has 0 bridgehead atoms. The number of nitrogens with zero attached hydrogens (tertiary/aromatic N) is 1. The Balaban J connectivity index is 1.72. The van der Waals surface area contributed by atoms with E-state index in [9.17, 15) is 18.8 Å². The quantitative estimate of drug-likeness (QED) is 0.296. The number of hydrogen-bond acceptors (Lipinski definition) is 8. The van der Waals surface area contributed by atoms with E-state index in [-0.39, 0.29) is 32.3 Å². The molecule has 32 heavy (non-hydrogen) atoms. The fourth-order valence-electron chi connectivity index (χ4n) is 3.47. The number of carbonyl (C=O) groups is 3. The van der Waals surface area contributed by atoms with E-state index < -0.39 is 40.1 Å². The van der Waals surface area contributed by atoms with Crippen LogP contribution in [-0.2, 0) is 23.8 Å². The number of hydrogen-bond donors (Lipinski definition) is 0. The fraction of sp³-hybridized carbons (Fsp3) is 0.409. The van der Waals surface area contributed by atoms with Crippen LogP contribution in [0, 0.1) is 11.7 Å². The van der Waals surface area contributed by atoms with Crippen molar-refractivity contribution < 1.29 is 37.7 Å². The van der Waals surface area contributed by atoms with Gasteiger partial charge in [0.1, 0.15) is 43.4 Å². The summed E-state index contributed by atoms with van der Waals surface area (Å²) in [6.07, 6.45) is 1.19. The minimum absolute atomic E-state index is 0.00650. The lowest BCUT2D eigenvalue weighted by atomic mass is 9.92. The Bertz CT molecular complexity index is 893. The highest BCUT2D eigenvalue weighted by atomic mass is 32.2. The predicted octanol–water partition coefficient (Wildman–Crippen LogP) is 2.93. The molecule has 0 N–H and O–H groups in total. The zero-order valence-electron chi connectivity index (χ0n) is 17.5. The Morgan fingerprint density at radius 2 is 1.91 bits per heavy atom. The van der Waals surface area contributed by atoms with Crippen LogP contribution < -0.4 is 4.74 Å². The van der Waals surface area contributed by atoms with Crippen molar-refractivity contribution in [3.05, 3.63) is 55.4 Å². The Hall–Kier alpha value is -3.01. The van der Waals surface area contributed by atoms with E-state index in [4.69, 9.17) is 18.9 Å². The molecule has 2 heterocycles. The Kier molecular flexibility index (Phi) is 7.44. The lowest BCUT2D eigenvalue weighted by Gasteiger charge is -2.43. The highest BCUT2D eigenvalue weighted by Crippen LogP contribution is 2.51. The molecule has 0 radical (unpaired) electrons. The summed E-state index contributed by atoms with van der Waals surface area (Å²) >= 11 is 1.22. The molecular formula is C22H24FNO7S. The van der Waals surface area contributed by atoms with Crippen LogP contribution in [0.15, 0.2) is 49.6 Å². The summed E-state index contributed by atoms with van der Waals surface area (Å²) in [5.41, 5.74) is 0. The lowest BCUT2D eigenvalue weighted by Crippen LogP contribution is -2.61. The second kappa shape index (κ2) is 10.1. The van der Waals surface area contributed by atoms with E-state index in [0.717, 1.165) is 0 Å². The molecule has 2 saturated heterocycles. The van der Waals surface area contributed by atoms with Crippen molar-refractivity contribution in [3.63, 3.8) is 0 Å². The predicted molar refractivity (Wildman–Crippen MR) is 114 cm³/mol. The molecule has 0 aliphatic carbocycles. The SMILES string of the molecule is C=CCOC(=O)O[C@H](C)[C@H]1C(=O)N2CC(COc3ccc(F)cc3)(C(=O)OCC=C)S[C@H]12. The summed E-state index contributed by atoms with van der Waals surface area (Å²) in [7, 11) is 0. The molecule has 1 amide bonds. The van der Waals surface area contributed by atoms with Crippen LogP contribution in [0.25, 0.3) is 0 Å². The number of rotatable bonds is 10. The third-order valence-corrected chi connectivity index (χ3v) is 6.71. The van der Waals surface area contributed by atoms with Crippen LogP contribution in [0.1, 0.15) is 6.92 Å². The second-order valence-electron chi connectivity index (χ2n) is 7.30. The number of carbonyl (C=O) groups excluding carboxylic acids is 3. The van der Waals surface area contributed by atoms with Crippen LogP contribution in [0.3, 0.4) is 0 Å². The maximum Gasteiger partial charge on any atom is 0.508 e. The van der Waals surface area contributed by atoms with Crippen molar-refractivity contribution >= 4 is 29.8 Å². The first kappa shape index (κ1) is 23.6. The fourth-order valence-corrected chi connectivity index (χ4v) is 5.21. The van der Waals surface area contributed by atoms with Gasteiger partial charge in [-0.1, -0.05) is 25.3 Å². The zero-order chi connectivity index (χ0) is 23.3. The molecule has 4 atom stereocenters. The van der Waals surface area contributed by atoms with Gasteiger partial charge in [0.05, 0.1) is 11.9 Å². The smallest absolute Gasteiger partial charge is 0.491 e. The highest BCUT2D eigenvalue weighted by Gasteiger charge is 2.64. The van der Waals surface area contributed by atoms with Crippen molar-refractivity contribution in [2.75, 3.05) is 26.4 Å². The van der Waals surface area contributed by atoms with Gasteiger partial charge in [-0.05, 0) is 31.2 Å². The third kappa shape index (κ3) is 4.90. The molecule has 0 spiro atoms. The first-order valence-corrected chi connectivity index (χ1v) is 10.8. The van der Waals surface area contributed by atoms with Gasteiger partial charge in [0.25, 0.3) is 0 Å². The number of fused-ring (bicyclic) bond motifs is 1. The van der Waals surface area contributed by atoms with Gasteiger partial charge in [0, 0.05) is 0 Å². The van der Waals surface area contributed by atoms with Gasteiger partial charge >= 0.3 is 12.1 Å². The highest BCUT2D eigenvalue weighted by molar-refractivity contribution is 8.02. The molecule has 10 heteroatoms. The Morgan fingerprint density at radius 1 is 1.25 bits per heavy atom. The van der Waals surface area contributed by atoms with E-state index in [2.05, 4.69) is 13.2 Å². The number of β-lactam (4-membered cyclic amide) rings is 1. The van der Waals surface area contributed by atoms with E-state index >= 15 is 0 Å². The molecular weight excluding hydrogens is 441 g/mol. The Morgan fingerprint density at radius 3 is 2.56 bits per heavy atom. The summed E-state index contributed by atoms with van der Waals surface area (Å²) in [4.78, 5) is 38.9. The van der Waals surface area contributed by atoms with E-state index in [0.29, 0.717) is 5.75 Å². The monoisotopic (exact) mass is 465 g/mol. The topological polar surface area (TPSA) is 91.4 Å². The summed E-state index contributed by atoms with van der Waals surface area (Å²) in [5.74, 6) is -1.47. The van der Waals surface area contributed by atoms with Crippen LogP contribution in [0.4, 0.5) is 9.18 Å². The summed E-state index contributed by atoms with van der Waals surface area (Å²) in [6, 6.07) is 5.39. The molecule has 2 aliphatic rings. The van der Waals surface area contributed by atoms with Crippen LogP contribution in [0.5, 0.6) is 5.75 Å². The summed E-state index contributed by atoms with van der Waals surface area (Å²) < 4.78 is 33.0. The zero-order valence-corrected chi connectivity index (χ0v) is 18.3. The molecule has 0 aromatic heterocycles. The number of halogens is 1. The number of thioether (sulfide) groups is 1. The molecule has 1 aromatic carbocycles. The average Bonchev–Trinajstić information content (AvgIpc) is 3.11. The molecule has 8 nitrogen and oxygen atoms in total. The van der Waals surface area contributed by atoms with Crippen molar-refractivity contribution in [2.45, 2.75) is 23.1 Å². The average molecular weight is 465 g/mol. The number of amides is 1. The second-order valence-corrected chi connectivity index (χ2v) is 8.80. The van der Waals surface area contributed by atoms with Crippen molar-refractivity contribution in [3.8, 4) is 5.75 Å². The van der Waals surface area contributed by atoms with E-state index in [1.807, 2.05) is 0 Å². The third-order valence-electron chi connectivity index (χ3n) is 5.05. The number of ether oxygens (including phenoxy) is 4. The maximum atomic E-state index is 13.2. The van der Waals surface area contributed by atoms with Gasteiger partial charge in [-0.15, -0.1) is 11.8 Å². The van der Waals surface area contributed by atoms with Crippen molar-refractivity contribution in [1.29, 1.82) is 0 Å². The van der Waals surface area contributed by atoms with E-state index in [1.54, 1.807) is 6.92 Å². The van der Waals surface area contributed by atoms with Gasteiger partial charge in [-0.25, -0.2) is 9.18 Å². The largest absolute Gasteiger partial charge is 0.508 e. The van der Waals surface area contributed by atoms with Gasteiger partial charge in [0.15, 0.2) is 4.75 Å². The Labute approximate surface area is 189 Å². The first-order valence-electron chi connectivity index (χ1n) is 9.90. The summed E-state index contributed by atoms with van der Waals surface area (Å²) in [6.45, 7) is 8.57. The van der Waals surface area contributed by atoms with Crippen LogP contribution >= 0.6 is 11.8 Å². The van der Waals surface area contributed by atoms with Gasteiger partial charge in [-0.2, -0.15) is 0 Å². The number of esters is 1. The number of benzene rings is 1. The van der Waals surface area contributed by atoms with Crippen molar-refractivity contribution in [1.82, 2.24) is 4.90 Å². The molecule has 1 unspecified atom stereocenters. The van der Waals surface area contributed by atoms with Gasteiger partial charge in [-0.3, -0.25) is 9.59 Å². The minimum atomic E-state index is -1.20. The van der Waals surface area contributed by atoms with E-state index in [1.165, 1.54) is 53.1 Å². The molecule has 1 aromatic rings. The van der Waals surface area contributed by atoms with Gasteiger partial charge < -0.3 is 23.8 Å². The van der Waals surface area contributed by atoms with Crippen LogP contribution in [0.2, 0.25) is 0 Å². The van der Waals surface area contributed by atoms with Crippen LogP contribution in [-0.4, -0.2) is 65.5 Å². The first-order chi connectivity index (χ1) is 15.3. The molecule has 2 fully saturated rings. The lowest BCUT2D eigenvalue weighted by molar-refractivity contribution is -0.158. The molecule has 172 valence electrons. The normalized spacial score (nSPS) is 24.6. The van der Waals surface area contributed by atoms with Gasteiger partial charge in [0.2, 0.25) is 5.91 Å². The molecule has 2 aliphatic heterocycles. The molecule has 3 rings (SSSR count).